The summed E-state index contributed by atoms with van der Waals surface area (Å²) in [7, 11) is 0. The fourth-order valence-corrected chi connectivity index (χ4v) is 2.21. The molecule has 21 heavy (non-hydrogen) atoms. The van der Waals surface area contributed by atoms with Crippen molar-refractivity contribution in [2.45, 2.75) is 32.1 Å². The van der Waals surface area contributed by atoms with E-state index < -0.39 is 0 Å². The fraction of sp³-hybridized carbons (Fsp3) is 0.556. The van der Waals surface area contributed by atoms with Crippen LogP contribution in [-0.4, -0.2) is 31.5 Å². The third kappa shape index (κ3) is 6.20. The predicted molar refractivity (Wildman–Crippen MR) is 83.3 cm³/mol. The minimum absolute atomic E-state index is 0.106. The maximum atomic E-state index is 8.66. The van der Waals surface area contributed by atoms with Gasteiger partial charge in [-0.3, -0.25) is 0 Å². The molecule has 0 bridgehead atoms. The Labute approximate surface area is 127 Å². The molecule has 3 heteroatoms. The summed E-state index contributed by atoms with van der Waals surface area (Å²) in [5, 5.41) is 8.66. The van der Waals surface area contributed by atoms with E-state index in [2.05, 4.69) is 11.8 Å². The zero-order valence-electron chi connectivity index (χ0n) is 12.5. The second kappa shape index (κ2) is 9.44. The van der Waals surface area contributed by atoms with Crippen LogP contribution in [0.15, 0.2) is 24.3 Å². The van der Waals surface area contributed by atoms with Gasteiger partial charge in [-0.05, 0) is 36.6 Å². The van der Waals surface area contributed by atoms with Gasteiger partial charge in [-0.25, -0.2) is 0 Å². The second-order valence-electron chi connectivity index (χ2n) is 5.35. The summed E-state index contributed by atoms with van der Waals surface area (Å²) in [4.78, 5) is 0. The van der Waals surface area contributed by atoms with E-state index in [1.807, 2.05) is 24.3 Å². The van der Waals surface area contributed by atoms with Crippen molar-refractivity contribution in [3.63, 3.8) is 0 Å². The van der Waals surface area contributed by atoms with Crippen molar-refractivity contribution in [3.05, 3.63) is 29.8 Å². The Hall–Kier alpha value is -1.50. The highest BCUT2D eigenvalue weighted by molar-refractivity contribution is 5.38. The molecule has 1 saturated carbocycles. The van der Waals surface area contributed by atoms with E-state index in [1.54, 1.807) is 0 Å². The highest BCUT2D eigenvalue weighted by atomic mass is 16.5. The average molecular weight is 288 g/mol. The second-order valence-corrected chi connectivity index (χ2v) is 5.35. The number of ether oxygens (including phenoxy) is 2. The number of benzene rings is 1. The molecule has 1 aliphatic rings. The molecule has 0 amide bonds. The lowest BCUT2D eigenvalue weighted by atomic mass is 9.83. The van der Waals surface area contributed by atoms with E-state index in [4.69, 9.17) is 14.6 Å². The van der Waals surface area contributed by atoms with Crippen molar-refractivity contribution >= 4 is 0 Å². The van der Waals surface area contributed by atoms with Crippen LogP contribution < -0.4 is 4.74 Å². The van der Waals surface area contributed by atoms with E-state index in [1.165, 1.54) is 25.7 Å². The summed E-state index contributed by atoms with van der Waals surface area (Å²) in [6, 6.07) is 7.68. The molecular weight excluding hydrogens is 264 g/mol. The number of aliphatic hydroxyl groups is 1. The first-order valence-electron chi connectivity index (χ1n) is 7.79. The Balaban J connectivity index is 1.56. The van der Waals surface area contributed by atoms with Gasteiger partial charge in [0.25, 0.3) is 0 Å². The highest BCUT2D eigenvalue weighted by Crippen LogP contribution is 2.29. The van der Waals surface area contributed by atoms with E-state index >= 15 is 0 Å². The van der Waals surface area contributed by atoms with Crippen LogP contribution in [-0.2, 0) is 4.74 Å². The van der Waals surface area contributed by atoms with Gasteiger partial charge >= 0.3 is 0 Å². The molecule has 1 fully saturated rings. The normalized spacial score (nSPS) is 14.1. The molecule has 1 aromatic rings. The SMILES string of the molecule is OCCC#Cc1ccc(OCCOCCC2CCC2)cc1. The van der Waals surface area contributed by atoms with Gasteiger partial charge in [0.1, 0.15) is 12.4 Å². The smallest absolute Gasteiger partial charge is 0.119 e. The molecule has 1 aromatic carbocycles. The molecular formula is C18H24O3. The van der Waals surface area contributed by atoms with Crippen molar-refractivity contribution in [2.24, 2.45) is 5.92 Å². The molecule has 0 aliphatic heterocycles. The number of rotatable bonds is 8. The highest BCUT2D eigenvalue weighted by Gasteiger charge is 2.16. The van der Waals surface area contributed by atoms with E-state index in [9.17, 15) is 0 Å². The van der Waals surface area contributed by atoms with E-state index in [0.717, 1.165) is 23.8 Å². The van der Waals surface area contributed by atoms with Crippen LogP contribution in [0.2, 0.25) is 0 Å². The average Bonchev–Trinajstić information content (AvgIpc) is 2.46. The van der Waals surface area contributed by atoms with Crippen LogP contribution in [0, 0.1) is 17.8 Å². The van der Waals surface area contributed by atoms with Crippen LogP contribution in [0.25, 0.3) is 0 Å². The summed E-state index contributed by atoms with van der Waals surface area (Å²) < 4.78 is 11.2. The Kier molecular flexibility index (Phi) is 7.14. The standard InChI is InChI=1S/C18H24O3/c19-12-2-1-4-17-7-9-18(10-8-17)21-15-14-20-13-11-16-5-3-6-16/h7-10,16,19H,2-3,5-6,11-15H2. The number of aliphatic hydroxyl groups excluding tert-OH is 1. The Morgan fingerprint density at radius 1 is 1.10 bits per heavy atom. The van der Waals surface area contributed by atoms with Crippen LogP contribution in [0.1, 0.15) is 37.7 Å². The quantitative estimate of drug-likeness (QED) is 0.590. The van der Waals surface area contributed by atoms with Crippen LogP contribution >= 0.6 is 0 Å². The maximum Gasteiger partial charge on any atom is 0.119 e. The Bertz CT molecular complexity index is 452. The van der Waals surface area contributed by atoms with Gasteiger partial charge in [-0.15, -0.1) is 0 Å². The van der Waals surface area contributed by atoms with Gasteiger partial charge in [0, 0.05) is 18.6 Å². The number of hydrogen-bond acceptors (Lipinski definition) is 3. The first-order valence-corrected chi connectivity index (χ1v) is 7.79. The van der Waals surface area contributed by atoms with Crippen molar-refractivity contribution in [1.29, 1.82) is 0 Å². The fourth-order valence-electron chi connectivity index (χ4n) is 2.21. The summed E-state index contributed by atoms with van der Waals surface area (Å²) in [6.07, 6.45) is 5.87. The molecule has 3 nitrogen and oxygen atoms in total. The Morgan fingerprint density at radius 3 is 2.57 bits per heavy atom. The van der Waals surface area contributed by atoms with Crippen molar-refractivity contribution in [2.75, 3.05) is 26.4 Å². The zero-order chi connectivity index (χ0) is 14.8. The van der Waals surface area contributed by atoms with Crippen molar-refractivity contribution in [3.8, 4) is 17.6 Å². The first-order chi connectivity index (χ1) is 10.4. The largest absolute Gasteiger partial charge is 0.491 e. The lowest BCUT2D eigenvalue weighted by molar-refractivity contribution is 0.0812. The van der Waals surface area contributed by atoms with Crippen LogP contribution in [0.5, 0.6) is 5.75 Å². The summed E-state index contributed by atoms with van der Waals surface area (Å²) >= 11 is 0. The molecule has 1 N–H and O–H groups in total. The van der Waals surface area contributed by atoms with Crippen molar-refractivity contribution < 1.29 is 14.6 Å². The lowest BCUT2D eigenvalue weighted by Gasteiger charge is -2.24. The van der Waals surface area contributed by atoms with Gasteiger partial charge in [-0.1, -0.05) is 31.1 Å². The summed E-state index contributed by atoms with van der Waals surface area (Å²) in [5.41, 5.74) is 0.938. The van der Waals surface area contributed by atoms with Crippen LogP contribution in [0.3, 0.4) is 0 Å². The molecule has 0 radical (unpaired) electrons. The lowest BCUT2D eigenvalue weighted by Crippen LogP contribution is -2.15. The van der Waals surface area contributed by atoms with Gasteiger partial charge in [0.2, 0.25) is 0 Å². The van der Waals surface area contributed by atoms with Gasteiger partial charge in [-0.2, -0.15) is 0 Å². The zero-order valence-corrected chi connectivity index (χ0v) is 12.5. The van der Waals surface area contributed by atoms with Gasteiger partial charge < -0.3 is 14.6 Å². The molecule has 0 unspecified atom stereocenters. The molecule has 0 spiro atoms. The molecule has 0 aromatic heterocycles. The van der Waals surface area contributed by atoms with Gasteiger partial charge in [0.15, 0.2) is 0 Å². The first kappa shape index (κ1) is 15.9. The molecule has 0 atom stereocenters. The minimum atomic E-state index is 0.106. The van der Waals surface area contributed by atoms with E-state index in [0.29, 0.717) is 19.6 Å². The van der Waals surface area contributed by atoms with E-state index in [-0.39, 0.29) is 6.61 Å². The monoisotopic (exact) mass is 288 g/mol. The van der Waals surface area contributed by atoms with Crippen LogP contribution in [0.4, 0.5) is 0 Å². The molecule has 1 aliphatic carbocycles. The molecule has 114 valence electrons. The minimum Gasteiger partial charge on any atom is -0.491 e. The Morgan fingerprint density at radius 2 is 1.90 bits per heavy atom. The maximum absolute atomic E-state index is 8.66. The molecule has 2 rings (SSSR count). The molecule has 0 heterocycles. The predicted octanol–water partition coefficient (Wildman–Crippen LogP) is 3.01. The summed E-state index contributed by atoms with van der Waals surface area (Å²) in [5.74, 6) is 7.63. The summed E-state index contributed by atoms with van der Waals surface area (Å²) in [6.45, 7) is 2.19. The van der Waals surface area contributed by atoms with Crippen molar-refractivity contribution in [1.82, 2.24) is 0 Å². The third-order valence-corrected chi connectivity index (χ3v) is 3.72. The third-order valence-electron chi connectivity index (χ3n) is 3.72. The van der Waals surface area contributed by atoms with Gasteiger partial charge in [0.05, 0.1) is 13.2 Å². The topological polar surface area (TPSA) is 38.7 Å². The number of hydrogen-bond donors (Lipinski definition) is 1. The molecule has 0 saturated heterocycles.